The van der Waals surface area contributed by atoms with Gasteiger partial charge in [-0.2, -0.15) is 0 Å². The van der Waals surface area contributed by atoms with Gasteiger partial charge in [0, 0.05) is 12.6 Å². The summed E-state index contributed by atoms with van der Waals surface area (Å²) in [5.41, 5.74) is 11.0. The van der Waals surface area contributed by atoms with Gasteiger partial charge in [0.05, 0.1) is 0 Å². The molecule has 0 saturated carbocycles. The molecule has 0 saturated heterocycles. The first-order chi connectivity index (χ1) is 5.77. The van der Waals surface area contributed by atoms with Gasteiger partial charge in [-0.1, -0.05) is 12.8 Å². The van der Waals surface area contributed by atoms with E-state index in [1.807, 2.05) is 6.92 Å². The van der Waals surface area contributed by atoms with Gasteiger partial charge < -0.3 is 16.8 Å². The molecule has 0 aromatic rings. The van der Waals surface area contributed by atoms with Crippen LogP contribution in [0.25, 0.3) is 0 Å². The molecule has 3 nitrogen and oxygen atoms in total. The summed E-state index contributed by atoms with van der Waals surface area (Å²) in [5, 5.41) is 3.31. The Balaban J connectivity index is 2.82. The molecule has 0 spiro atoms. The van der Waals surface area contributed by atoms with Crippen molar-refractivity contribution in [1.29, 1.82) is 0 Å². The van der Waals surface area contributed by atoms with Crippen LogP contribution in [0.1, 0.15) is 32.6 Å². The van der Waals surface area contributed by atoms with E-state index >= 15 is 0 Å². The summed E-state index contributed by atoms with van der Waals surface area (Å²) in [6, 6.07) is 0.272. The van der Waals surface area contributed by atoms with Crippen molar-refractivity contribution in [3.8, 4) is 0 Å². The van der Waals surface area contributed by atoms with E-state index in [2.05, 4.69) is 5.32 Å². The second-order valence-corrected chi connectivity index (χ2v) is 3.38. The zero-order valence-corrected chi connectivity index (χ0v) is 8.18. The molecule has 12 heavy (non-hydrogen) atoms. The molecule has 1 atom stereocenters. The molecule has 0 radical (unpaired) electrons. The van der Waals surface area contributed by atoms with E-state index in [-0.39, 0.29) is 6.04 Å². The third kappa shape index (κ3) is 9.88. The second-order valence-electron chi connectivity index (χ2n) is 3.38. The van der Waals surface area contributed by atoms with Crippen LogP contribution < -0.4 is 16.8 Å². The van der Waals surface area contributed by atoms with Gasteiger partial charge in [0.25, 0.3) is 0 Å². The molecule has 0 aliphatic heterocycles. The number of nitrogens with two attached hydrogens (primary N) is 2. The van der Waals surface area contributed by atoms with Crippen LogP contribution in [-0.4, -0.2) is 25.7 Å². The third-order valence-electron chi connectivity index (χ3n) is 1.77. The fourth-order valence-corrected chi connectivity index (χ4v) is 1.08. The maximum Gasteiger partial charge on any atom is 0.0136 e. The maximum atomic E-state index is 5.58. The van der Waals surface area contributed by atoms with Gasteiger partial charge in [0.1, 0.15) is 0 Å². The zero-order valence-electron chi connectivity index (χ0n) is 8.18. The van der Waals surface area contributed by atoms with Crippen LogP contribution >= 0.6 is 0 Å². The number of rotatable bonds is 8. The molecule has 1 unspecified atom stereocenters. The predicted octanol–water partition coefficient (Wildman–Crippen LogP) is 0.442. The Bertz CT molecular complexity index is 83.8. The van der Waals surface area contributed by atoms with Crippen molar-refractivity contribution in [3.05, 3.63) is 0 Å². The topological polar surface area (TPSA) is 64.1 Å². The van der Waals surface area contributed by atoms with Crippen LogP contribution in [0, 0.1) is 0 Å². The maximum absolute atomic E-state index is 5.58. The first-order valence-corrected chi connectivity index (χ1v) is 4.93. The highest BCUT2D eigenvalue weighted by molar-refractivity contribution is 4.57. The van der Waals surface area contributed by atoms with Crippen molar-refractivity contribution in [2.75, 3.05) is 19.6 Å². The highest BCUT2D eigenvalue weighted by Crippen LogP contribution is 1.96. The van der Waals surface area contributed by atoms with Crippen LogP contribution in [0.15, 0.2) is 0 Å². The molecule has 74 valence electrons. The van der Waals surface area contributed by atoms with Crippen LogP contribution in [0.3, 0.4) is 0 Å². The van der Waals surface area contributed by atoms with E-state index in [1.165, 1.54) is 19.3 Å². The summed E-state index contributed by atoms with van der Waals surface area (Å²) >= 11 is 0. The first-order valence-electron chi connectivity index (χ1n) is 4.93. The minimum absolute atomic E-state index is 0.272. The summed E-state index contributed by atoms with van der Waals surface area (Å²) in [5.74, 6) is 0. The number of nitrogens with one attached hydrogen (secondary N) is 1. The van der Waals surface area contributed by atoms with Crippen molar-refractivity contribution in [3.63, 3.8) is 0 Å². The Labute approximate surface area is 75.9 Å². The first kappa shape index (κ1) is 11.9. The number of unbranched alkanes of at least 4 members (excludes halogenated alkanes) is 3. The summed E-state index contributed by atoms with van der Waals surface area (Å²) in [4.78, 5) is 0. The monoisotopic (exact) mass is 173 g/mol. The predicted molar refractivity (Wildman–Crippen MR) is 54.0 cm³/mol. The minimum Gasteiger partial charge on any atom is -0.330 e. The Morgan fingerprint density at radius 2 is 1.83 bits per heavy atom. The molecule has 0 amide bonds. The molecule has 0 aliphatic carbocycles. The smallest absolute Gasteiger partial charge is 0.0136 e. The van der Waals surface area contributed by atoms with E-state index in [1.54, 1.807) is 0 Å². The molecule has 5 N–H and O–H groups in total. The highest BCUT2D eigenvalue weighted by Gasteiger charge is 1.92. The molecular formula is C9H23N3. The largest absolute Gasteiger partial charge is 0.330 e. The SMILES string of the molecule is CC(N)CNCCCCCCN. The molecule has 0 fully saturated rings. The van der Waals surface area contributed by atoms with E-state index in [4.69, 9.17) is 11.5 Å². The summed E-state index contributed by atoms with van der Waals surface area (Å²) in [6.45, 7) is 4.86. The summed E-state index contributed by atoms with van der Waals surface area (Å²) in [7, 11) is 0. The van der Waals surface area contributed by atoms with Crippen molar-refractivity contribution in [2.45, 2.75) is 38.6 Å². The second kappa shape index (κ2) is 8.97. The van der Waals surface area contributed by atoms with Gasteiger partial charge in [0.15, 0.2) is 0 Å². The Hall–Kier alpha value is -0.120. The summed E-state index contributed by atoms with van der Waals surface area (Å²) < 4.78 is 0. The van der Waals surface area contributed by atoms with Crippen molar-refractivity contribution in [2.24, 2.45) is 11.5 Å². The van der Waals surface area contributed by atoms with E-state index < -0.39 is 0 Å². The Kier molecular flexibility index (Phi) is 8.88. The standard InChI is InChI=1S/C9H23N3/c1-9(11)8-12-7-5-3-2-4-6-10/h9,12H,2-8,10-11H2,1H3. The van der Waals surface area contributed by atoms with Crippen LogP contribution in [0.5, 0.6) is 0 Å². The van der Waals surface area contributed by atoms with Crippen LogP contribution in [-0.2, 0) is 0 Å². The average Bonchev–Trinajstić information content (AvgIpc) is 2.02. The average molecular weight is 173 g/mol. The lowest BCUT2D eigenvalue weighted by molar-refractivity contribution is 0.561. The van der Waals surface area contributed by atoms with Gasteiger partial charge in [0.2, 0.25) is 0 Å². The minimum atomic E-state index is 0.272. The van der Waals surface area contributed by atoms with Crippen molar-refractivity contribution >= 4 is 0 Å². The molecule has 3 heteroatoms. The molecule has 0 rings (SSSR count). The lowest BCUT2D eigenvalue weighted by Crippen LogP contribution is -2.31. The lowest BCUT2D eigenvalue weighted by Gasteiger charge is -2.06. The molecule has 0 heterocycles. The van der Waals surface area contributed by atoms with Gasteiger partial charge in [-0.3, -0.25) is 0 Å². The van der Waals surface area contributed by atoms with E-state index in [9.17, 15) is 0 Å². The summed E-state index contributed by atoms with van der Waals surface area (Å²) in [6.07, 6.45) is 4.94. The van der Waals surface area contributed by atoms with Crippen molar-refractivity contribution in [1.82, 2.24) is 5.32 Å². The van der Waals surface area contributed by atoms with Crippen molar-refractivity contribution < 1.29 is 0 Å². The Morgan fingerprint density at radius 3 is 2.42 bits per heavy atom. The van der Waals surface area contributed by atoms with Crippen LogP contribution in [0.4, 0.5) is 0 Å². The third-order valence-corrected chi connectivity index (χ3v) is 1.77. The van der Waals surface area contributed by atoms with Gasteiger partial charge in [-0.15, -0.1) is 0 Å². The molecule has 0 aliphatic rings. The van der Waals surface area contributed by atoms with Gasteiger partial charge in [-0.25, -0.2) is 0 Å². The van der Waals surface area contributed by atoms with E-state index in [0.29, 0.717) is 0 Å². The molecule has 0 aromatic carbocycles. The quantitative estimate of drug-likeness (QED) is 0.467. The molecule has 0 bridgehead atoms. The molecular weight excluding hydrogens is 150 g/mol. The highest BCUT2D eigenvalue weighted by atomic mass is 14.9. The fraction of sp³-hybridized carbons (Fsp3) is 1.00. The van der Waals surface area contributed by atoms with E-state index in [0.717, 1.165) is 26.1 Å². The van der Waals surface area contributed by atoms with Crippen LogP contribution in [0.2, 0.25) is 0 Å². The number of hydrogen-bond donors (Lipinski definition) is 3. The van der Waals surface area contributed by atoms with Gasteiger partial charge in [-0.05, 0) is 32.9 Å². The number of hydrogen-bond acceptors (Lipinski definition) is 3. The normalized spacial score (nSPS) is 13.2. The zero-order chi connectivity index (χ0) is 9.23. The lowest BCUT2D eigenvalue weighted by atomic mass is 10.2. The molecule has 0 aromatic heterocycles. The fourth-order valence-electron chi connectivity index (χ4n) is 1.08. The van der Waals surface area contributed by atoms with Gasteiger partial charge >= 0.3 is 0 Å². The Morgan fingerprint density at radius 1 is 1.17 bits per heavy atom.